The van der Waals surface area contributed by atoms with Gasteiger partial charge in [0, 0.05) is 17.5 Å². The van der Waals surface area contributed by atoms with E-state index in [2.05, 4.69) is 16.0 Å². The quantitative estimate of drug-likeness (QED) is 0.621. The van der Waals surface area contributed by atoms with Crippen molar-refractivity contribution in [3.05, 3.63) is 70.9 Å². The Morgan fingerprint density at radius 2 is 1.85 bits per heavy atom. The minimum Gasteiger partial charge on any atom is -0.508 e. The minimum absolute atomic E-state index is 0.0961. The van der Waals surface area contributed by atoms with E-state index in [-0.39, 0.29) is 11.4 Å². The van der Waals surface area contributed by atoms with Crippen molar-refractivity contribution >= 4 is 28.9 Å². The molecule has 0 radical (unpaired) electrons. The molecule has 1 unspecified atom stereocenters. The van der Waals surface area contributed by atoms with Crippen LogP contribution in [-0.2, 0) is 4.79 Å². The summed E-state index contributed by atoms with van der Waals surface area (Å²) >= 11 is 5.16. The highest BCUT2D eigenvalue weighted by atomic mass is 32.1. The molecule has 26 heavy (non-hydrogen) atoms. The lowest BCUT2D eigenvalue weighted by Crippen LogP contribution is -2.45. The molecule has 0 aromatic heterocycles. The monoisotopic (exact) mass is 375 g/mol. The molecule has 3 rings (SSSR count). The van der Waals surface area contributed by atoms with Gasteiger partial charge in [0.05, 0.1) is 11.6 Å². The molecule has 2 aromatic rings. The van der Waals surface area contributed by atoms with Gasteiger partial charge in [-0.2, -0.15) is 0 Å². The summed E-state index contributed by atoms with van der Waals surface area (Å²) in [4.78, 5) is 12.8. The van der Waals surface area contributed by atoms with Gasteiger partial charge in [0.25, 0.3) is 5.91 Å². The number of phenolic OH excluding ortho intramolecular Hbond substituents is 1. The maximum atomic E-state index is 13.4. The Morgan fingerprint density at radius 1 is 1.15 bits per heavy atom. The highest BCUT2D eigenvalue weighted by Gasteiger charge is 2.30. The predicted octanol–water partition coefficient (Wildman–Crippen LogP) is 3.10. The first-order chi connectivity index (χ1) is 12.3. The van der Waals surface area contributed by atoms with Gasteiger partial charge in [0.2, 0.25) is 0 Å². The zero-order valence-electron chi connectivity index (χ0n) is 13.6. The normalized spacial score (nSPS) is 16.7. The van der Waals surface area contributed by atoms with E-state index in [0.29, 0.717) is 21.9 Å². The van der Waals surface area contributed by atoms with Crippen molar-refractivity contribution in [2.45, 2.75) is 13.0 Å². The number of thiocarbonyl (C=S) groups is 1. The van der Waals surface area contributed by atoms with Crippen molar-refractivity contribution < 1.29 is 18.7 Å². The largest absolute Gasteiger partial charge is 0.508 e. The molecule has 2 aromatic carbocycles. The summed E-state index contributed by atoms with van der Waals surface area (Å²) in [7, 11) is 0. The number of benzene rings is 2. The molecule has 0 aliphatic carbocycles. The molecule has 4 N–H and O–H groups in total. The zero-order valence-corrected chi connectivity index (χ0v) is 14.5. The molecule has 8 heteroatoms. The van der Waals surface area contributed by atoms with Gasteiger partial charge in [-0.3, -0.25) is 4.79 Å². The number of hydrogen-bond donors (Lipinski definition) is 4. The molecule has 1 atom stereocenters. The fraction of sp³-hybridized carbons (Fsp3) is 0.111. The first-order valence-electron chi connectivity index (χ1n) is 7.69. The van der Waals surface area contributed by atoms with Crippen molar-refractivity contribution in [1.82, 2.24) is 10.6 Å². The standard InChI is InChI=1S/C18H15F2N3O2S/c1-9-15(17(25)22-11-4-7-13(19)14(20)8-11)16(23-18(26)21-9)10-2-5-12(24)6-3-10/h2-8,16,24H,1H3,(H,22,25)(H2,21,23,26). The minimum atomic E-state index is -1.05. The molecule has 0 fully saturated rings. The molecule has 0 bridgehead atoms. The SMILES string of the molecule is CC1=C(C(=O)Nc2ccc(F)c(F)c2)C(c2ccc(O)cc2)NC(=S)N1. The number of phenols is 1. The lowest BCUT2D eigenvalue weighted by Gasteiger charge is -2.30. The molecule has 1 amide bonds. The van der Waals surface area contributed by atoms with E-state index in [1.807, 2.05) is 0 Å². The van der Waals surface area contributed by atoms with Crippen LogP contribution in [0.25, 0.3) is 0 Å². The van der Waals surface area contributed by atoms with Crippen molar-refractivity contribution in [2.75, 3.05) is 5.32 Å². The fourth-order valence-corrected chi connectivity index (χ4v) is 2.95. The fourth-order valence-electron chi connectivity index (χ4n) is 2.68. The number of nitrogens with one attached hydrogen (secondary N) is 3. The second kappa shape index (κ2) is 7.09. The van der Waals surface area contributed by atoms with Crippen LogP contribution < -0.4 is 16.0 Å². The number of halogens is 2. The Morgan fingerprint density at radius 3 is 2.50 bits per heavy atom. The molecule has 1 heterocycles. The number of rotatable bonds is 3. The van der Waals surface area contributed by atoms with Crippen LogP contribution in [0.3, 0.4) is 0 Å². The Kier molecular flexibility index (Phi) is 4.85. The molecular weight excluding hydrogens is 360 g/mol. The Hall–Kier alpha value is -3.00. The number of carbonyl (C=O) groups is 1. The summed E-state index contributed by atoms with van der Waals surface area (Å²) in [6.07, 6.45) is 0. The van der Waals surface area contributed by atoms with Crippen molar-refractivity contribution in [3.8, 4) is 5.75 Å². The smallest absolute Gasteiger partial charge is 0.255 e. The Balaban J connectivity index is 1.93. The molecular formula is C18H15F2N3O2S. The van der Waals surface area contributed by atoms with Crippen molar-refractivity contribution in [3.63, 3.8) is 0 Å². The van der Waals surface area contributed by atoms with Crippen LogP contribution in [0.1, 0.15) is 18.5 Å². The van der Waals surface area contributed by atoms with E-state index in [4.69, 9.17) is 12.2 Å². The van der Waals surface area contributed by atoms with Crippen LogP contribution in [0.5, 0.6) is 5.75 Å². The first-order valence-corrected chi connectivity index (χ1v) is 8.09. The van der Waals surface area contributed by atoms with E-state index in [1.165, 1.54) is 18.2 Å². The van der Waals surface area contributed by atoms with E-state index in [1.54, 1.807) is 19.1 Å². The first kappa shape index (κ1) is 17.8. The molecule has 5 nitrogen and oxygen atoms in total. The molecule has 1 aliphatic rings. The van der Waals surface area contributed by atoms with Crippen LogP contribution in [-0.4, -0.2) is 16.1 Å². The molecule has 0 saturated heterocycles. The topological polar surface area (TPSA) is 73.4 Å². The summed E-state index contributed by atoms with van der Waals surface area (Å²) < 4.78 is 26.4. The van der Waals surface area contributed by atoms with Gasteiger partial charge >= 0.3 is 0 Å². The number of hydrogen-bond acceptors (Lipinski definition) is 3. The van der Waals surface area contributed by atoms with Gasteiger partial charge in [-0.05, 0) is 49.0 Å². The van der Waals surface area contributed by atoms with Crippen LogP contribution >= 0.6 is 12.2 Å². The highest BCUT2D eigenvalue weighted by molar-refractivity contribution is 7.80. The highest BCUT2D eigenvalue weighted by Crippen LogP contribution is 2.29. The van der Waals surface area contributed by atoms with Gasteiger partial charge in [-0.1, -0.05) is 12.1 Å². The van der Waals surface area contributed by atoms with Gasteiger partial charge in [-0.25, -0.2) is 8.78 Å². The summed E-state index contributed by atoms with van der Waals surface area (Å²) in [6, 6.07) is 8.90. The Labute approximate surface area is 153 Å². The molecule has 134 valence electrons. The van der Waals surface area contributed by atoms with Crippen LogP contribution in [0, 0.1) is 11.6 Å². The number of carbonyl (C=O) groups excluding carboxylic acids is 1. The van der Waals surface area contributed by atoms with Crippen molar-refractivity contribution in [2.24, 2.45) is 0 Å². The lowest BCUT2D eigenvalue weighted by atomic mass is 9.95. The molecule has 0 saturated carbocycles. The third-order valence-electron chi connectivity index (χ3n) is 3.92. The average molecular weight is 375 g/mol. The van der Waals surface area contributed by atoms with Gasteiger partial charge in [0.1, 0.15) is 5.75 Å². The zero-order chi connectivity index (χ0) is 18.8. The Bertz CT molecular complexity index is 913. The maximum absolute atomic E-state index is 13.4. The van der Waals surface area contributed by atoms with Gasteiger partial charge < -0.3 is 21.1 Å². The van der Waals surface area contributed by atoms with E-state index in [0.717, 1.165) is 12.1 Å². The van der Waals surface area contributed by atoms with Crippen LogP contribution in [0.2, 0.25) is 0 Å². The maximum Gasteiger partial charge on any atom is 0.255 e. The number of amides is 1. The summed E-state index contributed by atoms with van der Waals surface area (Å²) in [6.45, 7) is 1.70. The second-order valence-electron chi connectivity index (χ2n) is 5.74. The number of allylic oxidation sites excluding steroid dienone is 1. The van der Waals surface area contributed by atoms with Crippen molar-refractivity contribution in [1.29, 1.82) is 0 Å². The summed E-state index contributed by atoms with van der Waals surface area (Å²) in [5, 5.41) is 18.3. The average Bonchev–Trinajstić information content (AvgIpc) is 2.58. The predicted molar refractivity (Wildman–Crippen MR) is 97.4 cm³/mol. The van der Waals surface area contributed by atoms with E-state index < -0.39 is 23.6 Å². The molecule has 0 spiro atoms. The van der Waals surface area contributed by atoms with Crippen LogP contribution in [0.4, 0.5) is 14.5 Å². The second-order valence-corrected chi connectivity index (χ2v) is 6.15. The lowest BCUT2D eigenvalue weighted by molar-refractivity contribution is -0.113. The third-order valence-corrected chi connectivity index (χ3v) is 4.14. The van der Waals surface area contributed by atoms with Gasteiger partial charge in [-0.15, -0.1) is 0 Å². The van der Waals surface area contributed by atoms with Crippen LogP contribution in [0.15, 0.2) is 53.7 Å². The third kappa shape index (κ3) is 3.65. The number of anilines is 1. The molecule has 1 aliphatic heterocycles. The summed E-state index contributed by atoms with van der Waals surface area (Å²) in [5.41, 5.74) is 1.72. The van der Waals surface area contributed by atoms with Gasteiger partial charge in [0.15, 0.2) is 16.7 Å². The number of aromatic hydroxyl groups is 1. The van der Waals surface area contributed by atoms with E-state index in [9.17, 15) is 18.7 Å². The van der Waals surface area contributed by atoms with E-state index >= 15 is 0 Å². The summed E-state index contributed by atoms with van der Waals surface area (Å²) in [5.74, 6) is -2.44.